The van der Waals surface area contributed by atoms with Crippen molar-refractivity contribution >= 4 is 0 Å². The van der Waals surface area contributed by atoms with Gasteiger partial charge in [-0.25, -0.2) is 0 Å². The van der Waals surface area contributed by atoms with Crippen molar-refractivity contribution in [3.8, 4) is 0 Å². The maximum Gasteiger partial charge on any atom is -0.00755 e. The molecule has 0 nitrogen and oxygen atoms in total. The average Bonchev–Trinajstić information content (AvgIpc) is 2.37. The molecule has 0 amide bonds. The first-order chi connectivity index (χ1) is 9.36. The van der Waals surface area contributed by atoms with E-state index in [0.29, 0.717) is 11.3 Å². The van der Waals surface area contributed by atoms with Gasteiger partial charge in [-0.15, -0.1) is 0 Å². The van der Waals surface area contributed by atoms with Gasteiger partial charge in [-0.2, -0.15) is 0 Å². The van der Waals surface area contributed by atoms with Gasteiger partial charge in [-0.1, -0.05) is 75.0 Å². The highest BCUT2D eigenvalue weighted by Gasteiger charge is 2.26. The van der Waals surface area contributed by atoms with Crippen LogP contribution in [-0.2, 0) is 0 Å². The van der Waals surface area contributed by atoms with E-state index in [0.717, 1.165) is 0 Å². The zero-order chi connectivity index (χ0) is 15.2. The number of allylic oxidation sites excluding steroid dienone is 9. The monoisotopic (exact) mass is 270 g/mol. The minimum Gasteiger partial charge on any atom is -0.0988 e. The molecule has 1 unspecified atom stereocenters. The van der Waals surface area contributed by atoms with Gasteiger partial charge in [0.2, 0.25) is 0 Å². The van der Waals surface area contributed by atoms with Crippen LogP contribution in [-0.4, -0.2) is 0 Å². The topological polar surface area (TPSA) is 0 Å². The molecule has 0 saturated heterocycles. The summed E-state index contributed by atoms with van der Waals surface area (Å²) >= 11 is 0. The third kappa shape index (κ3) is 5.00. The molecule has 1 aliphatic rings. The zero-order valence-electron chi connectivity index (χ0n) is 13.9. The molecule has 0 saturated carbocycles. The predicted octanol–water partition coefficient (Wildman–Crippen LogP) is 6.39. The van der Waals surface area contributed by atoms with E-state index in [1.165, 1.54) is 24.8 Å². The Labute approximate surface area is 125 Å². The van der Waals surface area contributed by atoms with Gasteiger partial charge >= 0.3 is 0 Å². The lowest BCUT2D eigenvalue weighted by Crippen LogP contribution is -2.19. The minimum atomic E-state index is 0.335. The van der Waals surface area contributed by atoms with E-state index in [1.807, 2.05) is 6.08 Å². The molecular weight excluding hydrogens is 240 g/mol. The summed E-state index contributed by atoms with van der Waals surface area (Å²) < 4.78 is 0. The highest BCUT2D eigenvalue weighted by atomic mass is 14.3. The normalized spacial score (nSPS) is 21.8. The van der Waals surface area contributed by atoms with Crippen LogP contribution in [0.4, 0.5) is 0 Å². The Morgan fingerprint density at radius 3 is 2.60 bits per heavy atom. The van der Waals surface area contributed by atoms with E-state index in [4.69, 9.17) is 0 Å². The molecule has 1 atom stereocenters. The minimum absolute atomic E-state index is 0.335. The van der Waals surface area contributed by atoms with E-state index in [2.05, 4.69) is 71.6 Å². The molecular formula is C20H30. The van der Waals surface area contributed by atoms with Crippen molar-refractivity contribution in [3.63, 3.8) is 0 Å². The molecule has 0 aromatic rings. The van der Waals surface area contributed by atoms with E-state index >= 15 is 0 Å². The van der Waals surface area contributed by atoms with Gasteiger partial charge in [-0.3, -0.25) is 0 Å². The van der Waals surface area contributed by atoms with Crippen molar-refractivity contribution < 1.29 is 0 Å². The number of hydrogen-bond acceptors (Lipinski definition) is 0. The molecule has 0 fully saturated rings. The summed E-state index contributed by atoms with van der Waals surface area (Å²) in [6, 6.07) is 0. The van der Waals surface area contributed by atoms with Crippen molar-refractivity contribution in [3.05, 3.63) is 59.8 Å². The van der Waals surface area contributed by atoms with E-state index in [9.17, 15) is 0 Å². The Bertz CT molecular complexity index is 452. The molecule has 1 aliphatic carbocycles. The Balaban J connectivity index is 2.74. The molecule has 1 rings (SSSR count). The van der Waals surface area contributed by atoms with Crippen molar-refractivity contribution in [2.45, 2.75) is 53.9 Å². The first-order valence-corrected chi connectivity index (χ1v) is 7.73. The van der Waals surface area contributed by atoms with Crippen molar-refractivity contribution in [1.29, 1.82) is 0 Å². The van der Waals surface area contributed by atoms with Gasteiger partial charge in [0.15, 0.2) is 0 Å². The molecule has 110 valence electrons. The molecule has 20 heavy (non-hydrogen) atoms. The lowest BCUT2D eigenvalue weighted by atomic mass is 9.72. The van der Waals surface area contributed by atoms with Crippen LogP contribution in [0.3, 0.4) is 0 Å². The van der Waals surface area contributed by atoms with Crippen LogP contribution < -0.4 is 0 Å². The standard InChI is InChI=1S/C20H30/c1-7-16(2)10-8-11-17(3)13-14-19-18(4)12-9-15-20(19,5)6/h7-8,10-11,13-14,17H,1,9,12,15H2,2-6H3/b11-8+,14-13+,16-10+. The van der Waals surface area contributed by atoms with E-state index in [-0.39, 0.29) is 0 Å². The van der Waals surface area contributed by atoms with Gasteiger partial charge in [0.25, 0.3) is 0 Å². The second-order valence-corrected chi connectivity index (χ2v) is 6.65. The first-order valence-electron chi connectivity index (χ1n) is 7.73. The summed E-state index contributed by atoms with van der Waals surface area (Å²) in [4.78, 5) is 0. The average molecular weight is 270 g/mol. The molecule has 0 aromatic heterocycles. The van der Waals surface area contributed by atoms with Gasteiger partial charge in [0, 0.05) is 0 Å². The molecule has 0 aromatic carbocycles. The maximum absolute atomic E-state index is 3.76. The van der Waals surface area contributed by atoms with Crippen LogP contribution in [0.1, 0.15) is 53.9 Å². The van der Waals surface area contributed by atoms with Crippen LogP contribution in [0, 0.1) is 11.3 Å². The lowest BCUT2D eigenvalue weighted by Gasteiger charge is -2.33. The Morgan fingerprint density at radius 2 is 2.00 bits per heavy atom. The summed E-state index contributed by atoms with van der Waals surface area (Å²) in [7, 11) is 0. The quantitative estimate of drug-likeness (QED) is 0.507. The van der Waals surface area contributed by atoms with E-state index in [1.54, 1.807) is 11.1 Å². The Morgan fingerprint density at radius 1 is 1.30 bits per heavy atom. The van der Waals surface area contributed by atoms with Gasteiger partial charge in [0.1, 0.15) is 0 Å². The van der Waals surface area contributed by atoms with Crippen LogP contribution >= 0.6 is 0 Å². The van der Waals surface area contributed by atoms with Crippen LogP contribution in [0.25, 0.3) is 0 Å². The van der Waals surface area contributed by atoms with Gasteiger partial charge in [0.05, 0.1) is 0 Å². The van der Waals surface area contributed by atoms with Gasteiger partial charge < -0.3 is 0 Å². The molecule has 0 heterocycles. The fraction of sp³-hybridized carbons (Fsp3) is 0.500. The largest absolute Gasteiger partial charge is 0.0988 e. The Kier molecular flexibility index (Phi) is 6.26. The van der Waals surface area contributed by atoms with Crippen molar-refractivity contribution in [1.82, 2.24) is 0 Å². The third-order valence-corrected chi connectivity index (χ3v) is 4.20. The lowest BCUT2D eigenvalue weighted by molar-refractivity contribution is 0.376. The van der Waals surface area contributed by atoms with Gasteiger partial charge in [-0.05, 0) is 50.0 Å². The fourth-order valence-electron chi connectivity index (χ4n) is 2.77. The molecule has 0 aliphatic heterocycles. The highest BCUT2D eigenvalue weighted by molar-refractivity contribution is 5.33. The first kappa shape index (κ1) is 16.8. The van der Waals surface area contributed by atoms with Crippen LogP contribution in [0.5, 0.6) is 0 Å². The number of hydrogen-bond donors (Lipinski definition) is 0. The summed E-state index contributed by atoms with van der Waals surface area (Å²) in [5, 5.41) is 0. The molecule has 0 bridgehead atoms. The Hall–Kier alpha value is -1.30. The predicted molar refractivity (Wildman–Crippen MR) is 91.7 cm³/mol. The van der Waals surface area contributed by atoms with E-state index < -0.39 is 0 Å². The summed E-state index contributed by atoms with van der Waals surface area (Å²) in [6.07, 6.45) is 16.9. The zero-order valence-corrected chi connectivity index (χ0v) is 13.9. The summed E-state index contributed by atoms with van der Waals surface area (Å²) in [6.45, 7) is 15.1. The summed E-state index contributed by atoms with van der Waals surface area (Å²) in [5.41, 5.74) is 4.64. The highest BCUT2D eigenvalue weighted by Crippen LogP contribution is 2.40. The van der Waals surface area contributed by atoms with Crippen molar-refractivity contribution in [2.75, 3.05) is 0 Å². The molecule has 0 heteroatoms. The second-order valence-electron chi connectivity index (χ2n) is 6.65. The van der Waals surface area contributed by atoms with Crippen LogP contribution in [0.2, 0.25) is 0 Å². The second kappa shape index (κ2) is 7.47. The number of rotatable bonds is 5. The van der Waals surface area contributed by atoms with Crippen molar-refractivity contribution in [2.24, 2.45) is 11.3 Å². The molecule has 0 radical (unpaired) electrons. The van der Waals surface area contributed by atoms with Crippen LogP contribution in [0.15, 0.2) is 59.8 Å². The maximum atomic E-state index is 3.76. The fourth-order valence-corrected chi connectivity index (χ4v) is 2.77. The molecule has 0 N–H and O–H groups in total. The smallest absolute Gasteiger partial charge is 0.00755 e. The third-order valence-electron chi connectivity index (χ3n) is 4.20. The summed E-state index contributed by atoms with van der Waals surface area (Å²) in [5.74, 6) is 0.460. The molecule has 0 spiro atoms. The SMILES string of the molecule is C=C/C(C)=C/C=C/C(C)/C=C/C1=C(C)CCCC1(C)C.